The van der Waals surface area contributed by atoms with Crippen LogP contribution in [0.1, 0.15) is 46.5 Å². The van der Waals surface area contributed by atoms with E-state index in [1.54, 1.807) is 0 Å². The smallest absolute Gasteiger partial charge is 0.448 e. The molecule has 22 heavy (non-hydrogen) atoms. The van der Waals surface area contributed by atoms with E-state index in [-0.39, 0.29) is 23.5 Å². The van der Waals surface area contributed by atoms with Crippen molar-refractivity contribution in [2.45, 2.75) is 58.2 Å². The largest absolute Gasteiger partial charge is 0.525 e. The highest BCUT2D eigenvalue weighted by Crippen LogP contribution is 2.34. The fourth-order valence-electron chi connectivity index (χ4n) is 3.37. The van der Waals surface area contributed by atoms with E-state index in [0.29, 0.717) is 25.9 Å². The van der Waals surface area contributed by atoms with Crippen LogP contribution in [0.5, 0.6) is 0 Å². The average Bonchev–Trinajstić information content (AvgIpc) is 2.72. The maximum atomic E-state index is 12.7. The summed E-state index contributed by atoms with van der Waals surface area (Å²) in [6, 6.07) is -0.149. The van der Waals surface area contributed by atoms with Crippen LogP contribution in [-0.4, -0.2) is 58.5 Å². The van der Waals surface area contributed by atoms with E-state index in [4.69, 9.17) is 9.94 Å². The quantitative estimate of drug-likeness (QED) is 0.803. The molecule has 7 heteroatoms. The monoisotopic (exact) mass is 313 g/mol. The predicted molar refractivity (Wildman–Crippen MR) is 81.0 cm³/mol. The summed E-state index contributed by atoms with van der Waals surface area (Å²) < 4.78 is 0. The minimum atomic E-state index is -1.28. The summed E-state index contributed by atoms with van der Waals surface area (Å²) in [5.41, 5.74) is -0.348. The minimum absolute atomic E-state index is 0.149. The van der Waals surface area contributed by atoms with E-state index in [2.05, 4.69) is 26.1 Å². The van der Waals surface area contributed by atoms with Gasteiger partial charge in [0.05, 0.1) is 11.7 Å². The number of piperidine rings is 1. The Labute approximate surface area is 131 Å². The topological polar surface area (TPSA) is 82.1 Å². The van der Waals surface area contributed by atoms with Crippen molar-refractivity contribution in [3.05, 3.63) is 0 Å². The molecule has 0 aromatic heterocycles. The van der Waals surface area contributed by atoms with Crippen LogP contribution in [-0.2, 0) is 9.63 Å². The first kappa shape index (κ1) is 17.0. The highest BCUT2D eigenvalue weighted by molar-refractivity contribution is 5.85. The highest BCUT2D eigenvalue weighted by atomic mass is 16.8. The number of nitrogens with zero attached hydrogens (tertiary/aromatic N) is 2. The summed E-state index contributed by atoms with van der Waals surface area (Å²) in [5, 5.41) is 13.7. The number of carbonyl (C=O) groups is 2. The van der Waals surface area contributed by atoms with Gasteiger partial charge in [0.15, 0.2) is 0 Å². The Morgan fingerprint density at radius 3 is 2.59 bits per heavy atom. The zero-order chi connectivity index (χ0) is 16.3. The van der Waals surface area contributed by atoms with Crippen LogP contribution >= 0.6 is 0 Å². The van der Waals surface area contributed by atoms with Crippen LogP contribution in [0.3, 0.4) is 0 Å². The average molecular weight is 313 g/mol. The minimum Gasteiger partial charge on any atom is -0.448 e. The molecule has 2 aliphatic rings. The molecule has 0 aromatic rings. The molecule has 2 saturated heterocycles. The van der Waals surface area contributed by atoms with E-state index in [9.17, 15) is 9.59 Å². The molecule has 2 heterocycles. The van der Waals surface area contributed by atoms with Gasteiger partial charge in [-0.25, -0.2) is 4.79 Å². The van der Waals surface area contributed by atoms with Crippen molar-refractivity contribution in [1.29, 1.82) is 0 Å². The van der Waals surface area contributed by atoms with Crippen LogP contribution in [0.2, 0.25) is 0 Å². The number of hydroxylamine groups is 2. The van der Waals surface area contributed by atoms with Crippen molar-refractivity contribution in [3.63, 3.8) is 0 Å². The lowest BCUT2D eigenvalue weighted by molar-refractivity contribution is -0.156. The molecule has 2 rings (SSSR count). The predicted octanol–water partition coefficient (Wildman–Crippen LogP) is 1.64. The number of carboxylic acid groups (broad SMARTS) is 1. The second-order valence-corrected chi connectivity index (χ2v) is 6.53. The number of amides is 1. The van der Waals surface area contributed by atoms with E-state index in [1.165, 1.54) is 5.06 Å². The van der Waals surface area contributed by atoms with Gasteiger partial charge in [-0.3, -0.25) is 10.1 Å². The van der Waals surface area contributed by atoms with Gasteiger partial charge in [0.25, 0.3) is 0 Å². The third-order valence-electron chi connectivity index (χ3n) is 4.63. The zero-order valence-corrected chi connectivity index (χ0v) is 13.7. The number of nitrogens with one attached hydrogen (secondary N) is 1. The highest BCUT2D eigenvalue weighted by Gasteiger charge is 2.52. The molecule has 2 fully saturated rings. The molecule has 1 spiro atoms. The maximum Gasteiger partial charge on any atom is 0.525 e. The van der Waals surface area contributed by atoms with Gasteiger partial charge in [0.1, 0.15) is 0 Å². The summed E-state index contributed by atoms with van der Waals surface area (Å²) in [6.07, 6.45) is 2.10. The molecular weight excluding hydrogens is 286 g/mol. The molecule has 1 atom stereocenters. The van der Waals surface area contributed by atoms with Gasteiger partial charge in [-0.15, -0.1) is 5.06 Å². The summed E-state index contributed by atoms with van der Waals surface area (Å²) in [5.74, 6) is 0.417. The van der Waals surface area contributed by atoms with Crippen LogP contribution in [0.25, 0.3) is 0 Å². The van der Waals surface area contributed by atoms with Gasteiger partial charge in [-0.1, -0.05) is 27.2 Å². The Morgan fingerprint density at radius 1 is 1.45 bits per heavy atom. The van der Waals surface area contributed by atoms with Gasteiger partial charge in [0.2, 0.25) is 5.91 Å². The molecule has 0 aliphatic carbocycles. The van der Waals surface area contributed by atoms with Crippen LogP contribution in [0.4, 0.5) is 4.79 Å². The molecule has 2 N–H and O–H groups in total. The number of unbranched alkanes of at least 4 members (excludes halogenated alkanes) is 1. The van der Waals surface area contributed by atoms with Gasteiger partial charge >= 0.3 is 6.16 Å². The summed E-state index contributed by atoms with van der Waals surface area (Å²) in [4.78, 5) is 30.1. The summed E-state index contributed by atoms with van der Waals surface area (Å²) in [6.45, 7) is 7.97. The maximum absolute atomic E-state index is 12.7. The van der Waals surface area contributed by atoms with E-state index < -0.39 is 6.16 Å². The van der Waals surface area contributed by atoms with Gasteiger partial charge in [-0.2, -0.15) is 0 Å². The molecule has 1 unspecified atom stereocenters. The third kappa shape index (κ3) is 3.35. The van der Waals surface area contributed by atoms with Crippen molar-refractivity contribution in [1.82, 2.24) is 15.3 Å². The molecule has 0 saturated carbocycles. The Kier molecular flexibility index (Phi) is 5.28. The Balaban J connectivity index is 2.09. The first-order valence-electron chi connectivity index (χ1n) is 8.14. The second kappa shape index (κ2) is 6.83. The number of hydrogen-bond donors (Lipinski definition) is 2. The zero-order valence-electron chi connectivity index (χ0n) is 13.7. The van der Waals surface area contributed by atoms with Crippen LogP contribution in [0.15, 0.2) is 0 Å². The number of rotatable bonds is 5. The van der Waals surface area contributed by atoms with Crippen molar-refractivity contribution in [3.8, 4) is 0 Å². The first-order chi connectivity index (χ1) is 10.4. The molecule has 1 amide bonds. The van der Waals surface area contributed by atoms with Crippen molar-refractivity contribution >= 4 is 12.1 Å². The Morgan fingerprint density at radius 2 is 2.09 bits per heavy atom. The fourth-order valence-corrected chi connectivity index (χ4v) is 3.37. The van der Waals surface area contributed by atoms with Gasteiger partial charge < -0.3 is 14.8 Å². The van der Waals surface area contributed by atoms with Crippen molar-refractivity contribution < 1.29 is 19.5 Å². The van der Waals surface area contributed by atoms with Crippen LogP contribution in [0, 0.1) is 5.92 Å². The van der Waals surface area contributed by atoms with Crippen molar-refractivity contribution in [2.24, 2.45) is 5.92 Å². The summed E-state index contributed by atoms with van der Waals surface area (Å²) in [7, 11) is 0. The molecule has 0 radical (unpaired) electrons. The number of hydrogen-bond acceptors (Lipinski definition) is 5. The molecule has 126 valence electrons. The first-order valence-corrected chi connectivity index (χ1v) is 8.14. The van der Waals surface area contributed by atoms with E-state index >= 15 is 0 Å². The lowest BCUT2D eigenvalue weighted by Crippen LogP contribution is -2.59. The molecule has 0 aromatic carbocycles. The molecular formula is C15H27N3O4. The standard InChI is InChI=1S/C15H27N3O4/c1-4-5-8-18-13(19)12(11(2)3)16-15(18)6-9-17(10-7-15)22-14(20)21/h11-12,16H,4-10H2,1-3H3,(H,20,21). The normalized spacial score (nSPS) is 25.2. The van der Waals surface area contributed by atoms with E-state index in [0.717, 1.165) is 19.4 Å². The SMILES string of the molecule is CCCCN1C(=O)C(C(C)C)NC12CCN(OC(=O)O)CC2. The van der Waals surface area contributed by atoms with Crippen LogP contribution < -0.4 is 5.32 Å². The van der Waals surface area contributed by atoms with Gasteiger partial charge in [0, 0.05) is 32.5 Å². The van der Waals surface area contributed by atoms with Gasteiger partial charge in [-0.05, 0) is 12.3 Å². The second-order valence-electron chi connectivity index (χ2n) is 6.53. The third-order valence-corrected chi connectivity index (χ3v) is 4.63. The fraction of sp³-hybridized carbons (Fsp3) is 0.867. The lowest BCUT2D eigenvalue weighted by Gasteiger charge is -2.43. The molecule has 0 bridgehead atoms. The number of carbonyl (C=O) groups excluding carboxylic acids is 1. The van der Waals surface area contributed by atoms with E-state index in [1.807, 2.05) is 4.90 Å². The lowest BCUT2D eigenvalue weighted by atomic mass is 9.96. The molecule has 2 aliphatic heterocycles. The molecule has 7 nitrogen and oxygen atoms in total. The summed E-state index contributed by atoms with van der Waals surface area (Å²) >= 11 is 0. The van der Waals surface area contributed by atoms with Crippen molar-refractivity contribution in [2.75, 3.05) is 19.6 Å². The Bertz CT molecular complexity index is 419. The Hall–Kier alpha value is -1.34.